The van der Waals surface area contributed by atoms with Crippen LogP contribution in [0.3, 0.4) is 0 Å². The van der Waals surface area contributed by atoms with Crippen LogP contribution in [-0.4, -0.2) is 24.6 Å². The van der Waals surface area contributed by atoms with Gasteiger partial charge in [0, 0.05) is 30.7 Å². The van der Waals surface area contributed by atoms with Crippen LogP contribution in [0.15, 0.2) is 34.8 Å². The lowest BCUT2D eigenvalue weighted by Gasteiger charge is -2.12. The van der Waals surface area contributed by atoms with Crippen molar-refractivity contribution < 1.29 is 4.74 Å². The summed E-state index contributed by atoms with van der Waals surface area (Å²) >= 11 is 1.76. The number of ether oxygens (including phenoxy) is 1. The smallest absolute Gasteiger partial charge is 0.213 e. The maximum Gasteiger partial charge on any atom is 0.213 e. The van der Waals surface area contributed by atoms with Crippen molar-refractivity contribution in [1.82, 2.24) is 15.6 Å². The summed E-state index contributed by atoms with van der Waals surface area (Å²) in [6, 6.07) is 6.12. The van der Waals surface area contributed by atoms with Crippen LogP contribution in [-0.2, 0) is 13.1 Å². The van der Waals surface area contributed by atoms with Crippen molar-refractivity contribution in [3.8, 4) is 5.88 Å². The first kappa shape index (κ1) is 20.0. The Kier molecular flexibility index (Phi) is 7.95. The zero-order valence-electron chi connectivity index (χ0n) is 14.6. The molecule has 0 bridgehead atoms. The molecular weight excluding hydrogens is 447 g/mol. The maximum absolute atomic E-state index is 5.73. The van der Waals surface area contributed by atoms with E-state index in [1.54, 1.807) is 24.6 Å². The van der Waals surface area contributed by atoms with Gasteiger partial charge in [0.15, 0.2) is 5.96 Å². The fourth-order valence-corrected chi connectivity index (χ4v) is 3.13. The number of thiophene rings is 1. The fraction of sp³-hybridized carbons (Fsp3) is 0.444. The number of aliphatic imine (C=N–C) groups is 1. The van der Waals surface area contributed by atoms with Crippen LogP contribution >= 0.6 is 35.3 Å². The molecule has 1 saturated carbocycles. The van der Waals surface area contributed by atoms with Gasteiger partial charge in [-0.05, 0) is 54.3 Å². The molecule has 2 N–H and O–H groups in total. The average Bonchev–Trinajstić information content (AvgIpc) is 3.35. The van der Waals surface area contributed by atoms with E-state index in [9.17, 15) is 0 Å². The molecule has 0 unspecified atom stereocenters. The quantitative estimate of drug-likeness (QED) is 0.367. The monoisotopic (exact) mass is 472 g/mol. The molecule has 1 aliphatic rings. The molecule has 3 rings (SSSR count). The molecule has 2 aromatic rings. The summed E-state index contributed by atoms with van der Waals surface area (Å²) in [4.78, 5) is 9.88. The first-order chi connectivity index (χ1) is 11.7. The van der Waals surface area contributed by atoms with Crippen LogP contribution in [0.5, 0.6) is 5.88 Å². The number of aryl methyl sites for hydroxylation is 1. The Labute approximate surface area is 170 Å². The van der Waals surface area contributed by atoms with Gasteiger partial charge < -0.3 is 15.4 Å². The molecule has 0 aromatic carbocycles. The molecule has 0 spiro atoms. The average molecular weight is 472 g/mol. The first-order valence-corrected chi connectivity index (χ1v) is 9.18. The molecule has 7 heteroatoms. The number of aromatic nitrogens is 1. The number of hydrogen-bond donors (Lipinski definition) is 2. The molecule has 2 aromatic heterocycles. The van der Waals surface area contributed by atoms with E-state index in [1.807, 2.05) is 12.1 Å². The lowest BCUT2D eigenvalue weighted by atomic mass is 10.2. The van der Waals surface area contributed by atoms with E-state index in [2.05, 4.69) is 39.0 Å². The van der Waals surface area contributed by atoms with Gasteiger partial charge >= 0.3 is 0 Å². The number of guanidine groups is 1. The van der Waals surface area contributed by atoms with Crippen molar-refractivity contribution in [2.24, 2.45) is 10.9 Å². The minimum atomic E-state index is 0. The highest BCUT2D eigenvalue weighted by molar-refractivity contribution is 14.0. The van der Waals surface area contributed by atoms with E-state index in [1.165, 1.54) is 23.3 Å². The molecule has 0 amide bonds. The molecule has 136 valence electrons. The number of nitrogens with one attached hydrogen (secondary N) is 2. The zero-order valence-corrected chi connectivity index (χ0v) is 17.8. The Morgan fingerprint density at radius 2 is 2.12 bits per heavy atom. The van der Waals surface area contributed by atoms with E-state index in [0.29, 0.717) is 12.4 Å². The predicted octanol–water partition coefficient (Wildman–Crippen LogP) is 3.72. The third-order valence-corrected chi connectivity index (χ3v) is 5.05. The normalized spacial score (nSPS) is 13.9. The molecule has 0 atom stereocenters. The molecular formula is C18H25IN4OS. The highest BCUT2D eigenvalue weighted by atomic mass is 127. The van der Waals surface area contributed by atoms with E-state index in [-0.39, 0.29) is 24.0 Å². The molecule has 25 heavy (non-hydrogen) atoms. The van der Waals surface area contributed by atoms with Gasteiger partial charge in [0.1, 0.15) is 0 Å². The van der Waals surface area contributed by atoms with Crippen LogP contribution < -0.4 is 15.4 Å². The topological polar surface area (TPSA) is 58.5 Å². The maximum atomic E-state index is 5.73. The summed E-state index contributed by atoms with van der Waals surface area (Å²) in [6.45, 7) is 4.39. The Balaban J connectivity index is 0.00000225. The summed E-state index contributed by atoms with van der Waals surface area (Å²) in [5.41, 5.74) is 2.44. The second-order valence-corrected chi connectivity index (χ2v) is 7.06. The largest absolute Gasteiger partial charge is 0.477 e. The zero-order chi connectivity index (χ0) is 16.8. The number of nitrogens with zero attached hydrogens (tertiary/aromatic N) is 2. The molecule has 1 fully saturated rings. The van der Waals surface area contributed by atoms with E-state index in [0.717, 1.165) is 30.6 Å². The SMILES string of the molecule is CN=C(NCc1ccnc(OCC2CC2)c1)NCc1sccc1C.I. The van der Waals surface area contributed by atoms with E-state index < -0.39 is 0 Å². The minimum absolute atomic E-state index is 0. The van der Waals surface area contributed by atoms with Crippen molar-refractivity contribution in [2.75, 3.05) is 13.7 Å². The standard InChI is InChI=1S/C18H24N4OS.HI/c1-13-6-8-24-16(13)11-22-18(19-2)21-10-15-5-7-20-17(9-15)23-12-14-3-4-14;/h5-9,14H,3-4,10-12H2,1-2H3,(H2,19,21,22);1H. The Bertz CT molecular complexity index is 700. The second-order valence-electron chi connectivity index (χ2n) is 6.06. The Morgan fingerprint density at radius 1 is 1.32 bits per heavy atom. The molecule has 1 aliphatic carbocycles. The van der Waals surface area contributed by atoms with Crippen LogP contribution in [0, 0.1) is 12.8 Å². The van der Waals surface area contributed by atoms with Crippen molar-refractivity contribution in [1.29, 1.82) is 0 Å². The molecule has 5 nitrogen and oxygen atoms in total. The van der Waals surface area contributed by atoms with Crippen LogP contribution in [0.1, 0.15) is 28.8 Å². The van der Waals surface area contributed by atoms with Gasteiger partial charge in [-0.25, -0.2) is 4.98 Å². The molecule has 0 aliphatic heterocycles. The second kappa shape index (κ2) is 9.96. The highest BCUT2D eigenvalue weighted by Crippen LogP contribution is 2.29. The van der Waals surface area contributed by atoms with E-state index >= 15 is 0 Å². The minimum Gasteiger partial charge on any atom is -0.477 e. The van der Waals surface area contributed by atoms with Gasteiger partial charge in [-0.1, -0.05) is 0 Å². The van der Waals surface area contributed by atoms with Gasteiger partial charge in [-0.15, -0.1) is 35.3 Å². The lowest BCUT2D eigenvalue weighted by Crippen LogP contribution is -2.36. The number of halogens is 1. The summed E-state index contributed by atoms with van der Waals surface area (Å²) in [6.07, 6.45) is 4.37. The Morgan fingerprint density at radius 3 is 2.80 bits per heavy atom. The van der Waals surface area contributed by atoms with Crippen molar-refractivity contribution in [3.05, 3.63) is 45.8 Å². The summed E-state index contributed by atoms with van der Waals surface area (Å²) in [5.74, 6) is 2.23. The fourth-order valence-electron chi connectivity index (χ4n) is 2.28. The summed E-state index contributed by atoms with van der Waals surface area (Å²) in [7, 11) is 1.79. The third-order valence-electron chi connectivity index (χ3n) is 4.03. The van der Waals surface area contributed by atoms with Gasteiger partial charge in [-0.3, -0.25) is 4.99 Å². The third kappa shape index (κ3) is 6.47. The Hall–Kier alpha value is -1.35. The summed E-state index contributed by atoms with van der Waals surface area (Å²) in [5, 5.41) is 8.79. The predicted molar refractivity (Wildman–Crippen MR) is 114 cm³/mol. The highest BCUT2D eigenvalue weighted by Gasteiger charge is 2.22. The molecule has 0 saturated heterocycles. The van der Waals surface area contributed by atoms with Crippen LogP contribution in [0.2, 0.25) is 0 Å². The van der Waals surface area contributed by atoms with Gasteiger partial charge in [0.25, 0.3) is 0 Å². The van der Waals surface area contributed by atoms with Crippen molar-refractivity contribution in [2.45, 2.75) is 32.9 Å². The lowest BCUT2D eigenvalue weighted by molar-refractivity contribution is 0.288. The van der Waals surface area contributed by atoms with Crippen molar-refractivity contribution >= 4 is 41.3 Å². The molecule has 0 radical (unpaired) electrons. The van der Waals surface area contributed by atoms with E-state index in [4.69, 9.17) is 4.74 Å². The molecule has 2 heterocycles. The van der Waals surface area contributed by atoms with Crippen LogP contribution in [0.25, 0.3) is 0 Å². The summed E-state index contributed by atoms with van der Waals surface area (Å²) < 4.78 is 5.73. The number of pyridine rings is 1. The van der Waals surface area contributed by atoms with Crippen LogP contribution in [0.4, 0.5) is 0 Å². The van der Waals surface area contributed by atoms with Gasteiger partial charge in [-0.2, -0.15) is 0 Å². The van der Waals surface area contributed by atoms with Gasteiger partial charge in [0.2, 0.25) is 5.88 Å². The first-order valence-electron chi connectivity index (χ1n) is 8.30. The van der Waals surface area contributed by atoms with Crippen molar-refractivity contribution in [3.63, 3.8) is 0 Å². The van der Waals surface area contributed by atoms with Gasteiger partial charge in [0.05, 0.1) is 13.2 Å². The number of rotatable bonds is 7. The number of hydrogen-bond acceptors (Lipinski definition) is 4.